The number of carbonyl (C=O) groups is 1. The number of esters is 1. The molecule has 0 bridgehead atoms. The van der Waals surface area contributed by atoms with Gasteiger partial charge in [0.1, 0.15) is 6.10 Å². The minimum absolute atomic E-state index is 0.0418. The van der Waals surface area contributed by atoms with Crippen LogP contribution in [0.2, 0.25) is 0 Å². The molecule has 1 fully saturated rings. The molecule has 0 aromatic heterocycles. The van der Waals surface area contributed by atoms with Crippen molar-refractivity contribution in [2.75, 3.05) is 0 Å². The summed E-state index contributed by atoms with van der Waals surface area (Å²) in [6.45, 7) is 1.45. The zero-order chi connectivity index (χ0) is 14.0. The van der Waals surface area contributed by atoms with Crippen LogP contribution in [0.4, 0.5) is 8.78 Å². The fourth-order valence-electron chi connectivity index (χ4n) is 2.04. The largest absolute Gasteiger partial charge is 0.465 e. The zero-order valence-corrected chi connectivity index (χ0v) is 10.8. The number of hydrogen-bond donors (Lipinski definition) is 1. The second kappa shape index (κ2) is 5.48. The number of hydrogen-bond acceptors (Lipinski definition) is 4. The monoisotopic (exact) mass is 286 g/mol. The summed E-state index contributed by atoms with van der Waals surface area (Å²) in [5.41, 5.74) is 0. The predicted molar refractivity (Wildman–Crippen MR) is 58.6 cm³/mol. The molecule has 1 atom stereocenters. The van der Waals surface area contributed by atoms with Crippen molar-refractivity contribution in [1.29, 1.82) is 0 Å². The number of rotatable bonds is 4. The summed E-state index contributed by atoms with van der Waals surface area (Å²) in [5, 5.41) is -4.91. The van der Waals surface area contributed by atoms with Gasteiger partial charge in [-0.2, -0.15) is 17.2 Å². The molecule has 1 aliphatic rings. The standard InChI is InChI=1S/C10H16F2O5S/c1-7(8-5-3-2-4-6-8)17-9(13)10(11,12)18(14,15)16/h7-8H,2-6H2,1H3,(H,14,15,16). The first-order valence-corrected chi connectivity index (χ1v) is 7.16. The Labute approximate surface area is 104 Å². The summed E-state index contributed by atoms with van der Waals surface area (Å²) in [6, 6.07) is 0. The van der Waals surface area contributed by atoms with Crippen LogP contribution in [0.1, 0.15) is 39.0 Å². The van der Waals surface area contributed by atoms with Crippen LogP contribution in [0.15, 0.2) is 0 Å². The number of alkyl halides is 2. The van der Waals surface area contributed by atoms with Crippen LogP contribution in [-0.4, -0.2) is 30.3 Å². The first kappa shape index (κ1) is 15.3. The number of halogens is 2. The van der Waals surface area contributed by atoms with Crippen LogP contribution < -0.4 is 0 Å². The van der Waals surface area contributed by atoms with Gasteiger partial charge < -0.3 is 4.74 Å². The van der Waals surface area contributed by atoms with Crippen molar-refractivity contribution in [2.24, 2.45) is 5.92 Å². The first-order chi connectivity index (χ1) is 8.16. The highest BCUT2D eigenvalue weighted by Gasteiger charge is 2.54. The van der Waals surface area contributed by atoms with E-state index in [4.69, 9.17) is 4.55 Å². The average Bonchev–Trinajstić information content (AvgIpc) is 2.28. The average molecular weight is 286 g/mol. The van der Waals surface area contributed by atoms with E-state index in [0.717, 1.165) is 32.1 Å². The summed E-state index contributed by atoms with van der Waals surface area (Å²) < 4.78 is 59.3. The number of carbonyl (C=O) groups excluding carboxylic acids is 1. The molecule has 0 aromatic rings. The molecule has 0 heterocycles. The molecule has 1 saturated carbocycles. The summed E-state index contributed by atoms with van der Waals surface area (Å²) >= 11 is 0. The molecule has 0 amide bonds. The van der Waals surface area contributed by atoms with E-state index in [1.165, 1.54) is 6.92 Å². The highest BCUT2D eigenvalue weighted by molar-refractivity contribution is 7.87. The normalized spacial score (nSPS) is 20.4. The van der Waals surface area contributed by atoms with Gasteiger partial charge in [-0.25, -0.2) is 4.79 Å². The van der Waals surface area contributed by atoms with Gasteiger partial charge in [-0.1, -0.05) is 19.3 Å². The second-order valence-corrected chi connectivity index (χ2v) is 5.96. The van der Waals surface area contributed by atoms with Crippen LogP contribution in [0.5, 0.6) is 0 Å². The Balaban J connectivity index is 2.64. The molecule has 8 heteroatoms. The van der Waals surface area contributed by atoms with E-state index in [2.05, 4.69) is 4.74 Å². The lowest BCUT2D eigenvalue weighted by Gasteiger charge is -2.28. The van der Waals surface area contributed by atoms with Crippen molar-refractivity contribution < 1.29 is 31.3 Å². The Bertz CT molecular complexity index is 400. The highest BCUT2D eigenvalue weighted by Crippen LogP contribution is 2.30. The van der Waals surface area contributed by atoms with E-state index in [1.807, 2.05) is 0 Å². The Hall–Kier alpha value is -0.760. The lowest BCUT2D eigenvalue weighted by Crippen LogP contribution is -2.41. The predicted octanol–water partition coefficient (Wildman–Crippen LogP) is 1.98. The molecule has 1 unspecified atom stereocenters. The molecule has 5 nitrogen and oxygen atoms in total. The first-order valence-electron chi connectivity index (χ1n) is 5.72. The van der Waals surface area contributed by atoms with Gasteiger partial charge in [-0.15, -0.1) is 0 Å². The van der Waals surface area contributed by atoms with Gasteiger partial charge in [-0.3, -0.25) is 4.55 Å². The van der Waals surface area contributed by atoms with E-state index in [0.29, 0.717) is 0 Å². The van der Waals surface area contributed by atoms with Gasteiger partial charge in [0, 0.05) is 0 Å². The molecule has 18 heavy (non-hydrogen) atoms. The van der Waals surface area contributed by atoms with Crippen LogP contribution in [-0.2, 0) is 19.6 Å². The van der Waals surface area contributed by atoms with Crippen LogP contribution in [0.3, 0.4) is 0 Å². The summed E-state index contributed by atoms with van der Waals surface area (Å²) in [4.78, 5) is 11.1. The third-order valence-electron chi connectivity index (χ3n) is 3.17. The third kappa shape index (κ3) is 3.38. The Kier molecular flexibility index (Phi) is 4.66. The quantitative estimate of drug-likeness (QED) is 0.631. The minimum Gasteiger partial charge on any atom is -0.457 e. The molecular weight excluding hydrogens is 270 g/mol. The maximum absolute atomic E-state index is 12.9. The summed E-state index contributed by atoms with van der Waals surface area (Å²) in [6.07, 6.45) is 3.64. The molecule has 1 aliphatic carbocycles. The van der Waals surface area contributed by atoms with E-state index >= 15 is 0 Å². The lowest BCUT2D eigenvalue weighted by atomic mass is 9.86. The Morgan fingerprint density at radius 2 is 1.83 bits per heavy atom. The fourth-order valence-corrected chi connectivity index (χ4v) is 2.30. The van der Waals surface area contributed by atoms with Crippen LogP contribution in [0, 0.1) is 5.92 Å². The second-order valence-electron chi connectivity index (χ2n) is 4.50. The number of ether oxygens (including phenoxy) is 1. The topological polar surface area (TPSA) is 80.7 Å². The lowest BCUT2D eigenvalue weighted by molar-refractivity contribution is -0.169. The van der Waals surface area contributed by atoms with Crippen molar-refractivity contribution in [1.82, 2.24) is 0 Å². The SMILES string of the molecule is CC(OC(=O)C(F)(F)S(=O)(=O)O)C1CCCCC1. The van der Waals surface area contributed by atoms with Gasteiger partial charge in [-0.05, 0) is 25.7 Å². The van der Waals surface area contributed by atoms with Gasteiger partial charge in [0.05, 0.1) is 0 Å². The van der Waals surface area contributed by atoms with Crippen molar-refractivity contribution in [3.63, 3.8) is 0 Å². The maximum Gasteiger partial charge on any atom is 0.465 e. The molecule has 0 aromatic carbocycles. The fraction of sp³-hybridized carbons (Fsp3) is 0.900. The van der Waals surface area contributed by atoms with E-state index in [9.17, 15) is 22.0 Å². The molecule has 0 radical (unpaired) electrons. The van der Waals surface area contributed by atoms with Gasteiger partial charge in [0.25, 0.3) is 0 Å². The van der Waals surface area contributed by atoms with E-state index in [-0.39, 0.29) is 5.92 Å². The molecular formula is C10H16F2O5S. The zero-order valence-electron chi connectivity index (χ0n) is 9.93. The molecule has 106 valence electrons. The van der Waals surface area contributed by atoms with Gasteiger partial charge in [0.15, 0.2) is 0 Å². The third-order valence-corrected chi connectivity index (χ3v) is 3.98. The highest BCUT2D eigenvalue weighted by atomic mass is 32.2. The van der Waals surface area contributed by atoms with Crippen molar-refractivity contribution in [2.45, 2.75) is 50.4 Å². The summed E-state index contributed by atoms with van der Waals surface area (Å²) in [7, 11) is -5.79. The van der Waals surface area contributed by atoms with Crippen molar-refractivity contribution in [3.05, 3.63) is 0 Å². The van der Waals surface area contributed by atoms with E-state index in [1.54, 1.807) is 0 Å². The molecule has 1 rings (SSSR count). The molecule has 1 N–H and O–H groups in total. The summed E-state index contributed by atoms with van der Waals surface area (Å²) in [5.74, 6) is -2.26. The molecule has 0 spiro atoms. The van der Waals surface area contributed by atoms with Gasteiger partial charge in [0.2, 0.25) is 0 Å². The van der Waals surface area contributed by atoms with Crippen LogP contribution >= 0.6 is 0 Å². The Morgan fingerprint density at radius 1 is 1.33 bits per heavy atom. The maximum atomic E-state index is 12.9. The van der Waals surface area contributed by atoms with Gasteiger partial charge >= 0.3 is 21.3 Å². The van der Waals surface area contributed by atoms with Crippen LogP contribution in [0.25, 0.3) is 0 Å². The molecule has 0 aliphatic heterocycles. The Morgan fingerprint density at radius 3 is 2.28 bits per heavy atom. The smallest absolute Gasteiger partial charge is 0.457 e. The van der Waals surface area contributed by atoms with Crippen molar-refractivity contribution >= 4 is 16.1 Å². The van der Waals surface area contributed by atoms with Crippen molar-refractivity contribution in [3.8, 4) is 0 Å². The molecule has 0 saturated heterocycles. The van der Waals surface area contributed by atoms with E-state index < -0.39 is 27.4 Å². The minimum atomic E-state index is -5.79.